The summed E-state index contributed by atoms with van der Waals surface area (Å²) in [5.74, 6) is 0.438. The Morgan fingerprint density at radius 3 is 2.51 bits per heavy atom. The summed E-state index contributed by atoms with van der Waals surface area (Å²) in [5.41, 5.74) is 4.07. The molecule has 4 aromatic rings. The third-order valence-corrected chi connectivity index (χ3v) is 6.91. The van der Waals surface area contributed by atoms with Crippen LogP contribution in [0.2, 0.25) is 0 Å². The third-order valence-electron chi connectivity index (χ3n) is 6.91. The van der Waals surface area contributed by atoms with Gasteiger partial charge in [0.1, 0.15) is 11.5 Å². The predicted octanol–water partition coefficient (Wildman–Crippen LogP) is 5.88. The first-order valence-electron chi connectivity index (χ1n) is 13.0. The fraction of sp³-hybridized carbons (Fsp3) is 0.219. The van der Waals surface area contributed by atoms with Crippen LogP contribution in [0.25, 0.3) is 17.5 Å². The van der Waals surface area contributed by atoms with E-state index in [2.05, 4.69) is 4.98 Å². The van der Waals surface area contributed by atoms with E-state index in [1.165, 1.54) is 11.0 Å². The highest BCUT2D eigenvalue weighted by Gasteiger charge is 2.39. The number of hydrogen-bond donors (Lipinski definition) is 1. The maximum atomic E-state index is 13.2. The molecule has 0 radical (unpaired) electrons. The average Bonchev–Trinajstić information content (AvgIpc) is 3.32. The summed E-state index contributed by atoms with van der Waals surface area (Å²) in [6.45, 7) is 4.10. The van der Waals surface area contributed by atoms with E-state index < -0.39 is 12.0 Å². The highest BCUT2D eigenvalue weighted by Crippen LogP contribution is 2.36. The standard InChI is InChI=1S/C32H30N2O5/c1-21-19-25-14-15-26(38-18-17-28-22(2)39-31(33-28)24-11-7-4-8-12-24)20-27(25)30(32(36)37)34(21)29(35)16-13-23-9-5-3-6-10-23/h3-16,20-21,30H,17-19H2,1-2H3,(H,36,37)/t21-,30?/m0/s1. The van der Waals surface area contributed by atoms with Gasteiger partial charge < -0.3 is 19.2 Å². The number of aliphatic carboxylic acids is 1. The monoisotopic (exact) mass is 522 g/mol. The molecule has 1 N–H and O–H groups in total. The molecule has 0 fully saturated rings. The zero-order valence-corrected chi connectivity index (χ0v) is 21.9. The van der Waals surface area contributed by atoms with Crippen molar-refractivity contribution in [3.63, 3.8) is 0 Å². The van der Waals surface area contributed by atoms with Crippen LogP contribution in [-0.4, -0.2) is 39.5 Å². The second kappa shape index (κ2) is 11.4. The van der Waals surface area contributed by atoms with Crippen LogP contribution in [0.5, 0.6) is 5.75 Å². The molecule has 7 nitrogen and oxygen atoms in total. The summed E-state index contributed by atoms with van der Waals surface area (Å²) >= 11 is 0. The number of carbonyl (C=O) groups is 2. The van der Waals surface area contributed by atoms with E-state index >= 15 is 0 Å². The lowest BCUT2D eigenvalue weighted by Gasteiger charge is -2.39. The third kappa shape index (κ3) is 5.77. The average molecular weight is 523 g/mol. The number of carbonyl (C=O) groups excluding carboxylic acids is 1. The predicted molar refractivity (Wildman–Crippen MR) is 148 cm³/mol. The van der Waals surface area contributed by atoms with E-state index in [0.29, 0.717) is 36.7 Å². The number of rotatable bonds is 8. The number of nitrogens with zero attached hydrogens (tertiary/aromatic N) is 2. The van der Waals surface area contributed by atoms with Crippen molar-refractivity contribution < 1.29 is 23.8 Å². The Balaban J connectivity index is 1.31. The van der Waals surface area contributed by atoms with Crippen LogP contribution in [0, 0.1) is 6.92 Å². The van der Waals surface area contributed by atoms with Gasteiger partial charge in [0.15, 0.2) is 6.04 Å². The summed E-state index contributed by atoms with van der Waals surface area (Å²) in [5, 5.41) is 10.2. The van der Waals surface area contributed by atoms with Gasteiger partial charge in [-0.3, -0.25) is 4.79 Å². The molecule has 1 aliphatic heterocycles. The van der Waals surface area contributed by atoms with Gasteiger partial charge in [-0.05, 0) is 67.3 Å². The number of carboxylic acid groups (broad SMARTS) is 1. The quantitative estimate of drug-likeness (QED) is 0.290. The molecule has 5 rings (SSSR count). The summed E-state index contributed by atoms with van der Waals surface area (Å²) < 4.78 is 11.8. The molecule has 0 bridgehead atoms. The number of benzene rings is 3. The largest absolute Gasteiger partial charge is 0.493 e. The Hall–Kier alpha value is -4.65. The van der Waals surface area contributed by atoms with Gasteiger partial charge in [0.05, 0.1) is 12.3 Å². The van der Waals surface area contributed by atoms with Crippen molar-refractivity contribution in [1.82, 2.24) is 9.88 Å². The molecule has 3 aromatic carbocycles. The molecule has 0 spiro atoms. The molecular formula is C32H30N2O5. The Bertz CT molecular complexity index is 1490. The van der Waals surface area contributed by atoms with Crippen LogP contribution in [-0.2, 0) is 22.4 Å². The topological polar surface area (TPSA) is 92.9 Å². The van der Waals surface area contributed by atoms with Gasteiger partial charge in [0, 0.05) is 24.1 Å². The molecule has 39 heavy (non-hydrogen) atoms. The van der Waals surface area contributed by atoms with Crippen molar-refractivity contribution in [3.05, 3.63) is 113 Å². The molecule has 2 atom stereocenters. The number of fused-ring (bicyclic) bond motifs is 1. The Kier molecular flexibility index (Phi) is 7.59. The number of hydrogen-bond acceptors (Lipinski definition) is 5. The lowest BCUT2D eigenvalue weighted by Crippen LogP contribution is -2.48. The van der Waals surface area contributed by atoms with Crippen molar-refractivity contribution in [3.8, 4) is 17.2 Å². The van der Waals surface area contributed by atoms with Gasteiger partial charge in [0.2, 0.25) is 11.8 Å². The van der Waals surface area contributed by atoms with E-state index in [1.807, 2.05) is 86.6 Å². The van der Waals surface area contributed by atoms with Crippen LogP contribution >= 0.6 is 0 Å². The molecule has 1 amide bonds. The van der Waals surface area contributed by atoms with Crippen LogP contribution in [0.1, 0.15) is 41.1 Å². The van der Waals surface area contributed by atoms with Crippen molar-refractivity contribution in [2.45, 2.75) is 38.8 Å². The van der Waals surface area contributed by atoms with Gasteiger partial charge in [-0.1, -0.05) is 54.6 Å². The van der Waals surface area contributed by atoms with Crippen LogP contribution in [0.4, 0.5) is 0 Å². The maximum absolute atomic E-state index is 13.2. The Labute approximate surface area is 227 Å². The lowest BCUT2D eigenvalue weighted by molar-refractivity contribution is -0.151. The van der Waals surface area contributed by atoms with Crippen LogP contribution < -0.4 is 4.74 Å². The first kappa shape index (κ1) is 26.0. The summed E-state index contributed by atoms with van der Waals surface area (Å²) in [6.07, 6.45) is 4.24. The van der Waals surface area contributed by atoms with Gasteiger partial charge in [-0.25, -0.2) is 9.78 Å². The zero-order valence-electron chi connectivity index (χ0n) is 21.9. The SMILES string of the molecule is Cc1oc(-c2ccccc2)nc1CCOc1ccc2c(c1)C(C(=O)O)N(C(=O)C=Cc1ccccc1)[C@@H](C)C2. The molecule has 2 heterocycles. The molecule has 1 aliphatic rings. The smallest absolute Gasteiger partial charge is 0.331 e. The number of amides is 1. The molecule has 1 unspecified atom stereocenters. The lowest BCUT2D eigenvalue weighted by atomic mass is 9.88. The first-order valence-corrected chi connectivity index (χ1v) is 13.0. The van der Waals surface area contributed by atoms with E-state index in [1.54, 1.807) is 12.1 Å². The van der Waals surface area contributed by atoms with E-state index in [0.717, 1.165) is 28.1 Å². The Morgan fingerprint density at radius 2 is 1.79 bits per heavy atom. The van der Waals surface area contributed by atoms with Gasteiger partial charge >= 0.3 is 5.97 Å². The minimum absolute atomic E-state index is 0.271. The van der Waals surface area contributed by atoms with Crippen molar-refractivity contribution >= 4 is 18.0 Å². The second-order valence-corrected chi connectivity index (χ2v) is 9.63. The highest BCUT2D eigenvalue weighted by atomic mass is 16.5. The van der Waals surface area contributed by atoms with E-state index in [4.69, 9.17) is 9.15 Å². The van der Waals surface area contributed by atoms with E-state index in [9.17, 15) is 14.7 Å². The van der Waals surface area contributed by atoms with E-state index in [-0.39, 0.29) is 11.9 Å². The molecule has 0 saturated heterocycles. The normalized spacial score (nSPS) is 16.7. The summed E-state index contributed by atoms with van der Waals surface area (Å²) in [4.78, 5) is 31.7. The van der Waals surface area contributed by atoms with Crippen molar-refractivity contribution in [2.75, 3.05) is 6.61 Å². The molecule has 7 heteroatoms. The summed E-state index contributed by atoms with van der Waals surface area (Å²) in [6, 6.07) is 23.3. The number of aryl methyl sites for hydroxylation is 1. The van der Waals surface area contributed by atoms with Gasteiger partial charge in [-0.2, -0.15) is 0 Å². The number of carboxylic acids is 1. The fourth-order valence-electron chi connectivity index (χ4n) is 4.97. The van der Waals surface area contributed by atoms with Crippen molar-refractivity contribution in [2.24, 2.45) is 0 Å². The van der Waals surface area contributed by atoms with Gasteiger partial charge in [-0.15, -0.1) is 0 Å². The number of aromatic nitrogens is 1. The zero-order chi connectivity index (χ0) is 27.4. The van der Waals surface area contributed by atoms with Crippen LogP contribution in [0.3, 0.4) is 0 Å². The number of oxazole rings is 1. The molecule has 0 saturated carbocycles. The number of ether oxygens (including phenoxy) is 1. The molecular weight excluding hydrogens is 492 g/mol. The summed E-state index contributed by atoms with van der Waals surface area (Å²) in [7, 11) is 0. The molecule has 198 valence electrons. The second-order valence-electron chi connectivity index (χ2n) is 9.63. The highest BCUT2D eigenvalue weighted by molar-refractivity contribution is 5.95. The molecule has 1 aromatic heterocycles. The Morgan fingerprint density at radius 1 is 1.08 bits per heavy atom. The van der Waals surface area contributed by atoms with Gasteiger partial charge in [0.25, 0.3) is 0 Å². The first-order chi connectivity index (χ1) is 18.9. The minimum Gasteiger partial charge on any atom is -0.493 e. The van der Waals surface area contributed by atoms with Crippen molar-refractivity contribution in [1.29, 1.82) is 0 Å². The maximum Gasteiger partial charge on any atom is 0.331 e. The molecule has 0 aliphatic carbocycles. The van der Waals surface area contributed by atoms with Crippen LogP contribution in [0.15, 0.2) is 89.4 Å². The minimum atomic E-state index is -1.11. The fourth-order valence-corrected chi connectivity index (χ4v) is 4.97.